The molecule has 0 aromatic rings. The minimum absolute atomic E-state index is 0. The van der Waals surface area contributed by atoms with Gasteiger partial charge in [-0.2, -0.15) is 0 Å². The molecule has 0 aromatic carbocycles. The quantitative estimate of drug-likeness (QED) is 0.510. The first-order valence-corrected chi connectivity index (χ1v) is 3.64. The van der Waals surface area contributed by atoms with Crippen LogP contribution in [0.25, 0.3) is 0 Å². The number of piperazine rings is 1. The van der Waals surface area contributed by atoms with Gasteiger partial charge >= 0.3 is 0 Å². The Kier molecular flexibility index (Phi) is 4.11. The minimum Gasteiger partial charge on any atom is -0.340 e. The highest BCUT2D eigenvalue weighted by atomic mass is 16.2. The molecule has 3 nitrogen and oxygen atoms in total. The Labute approximate surface area is 69.0 Å². The Morgan fingerprint density at radius 3 is 2.00 bits per heavy atom. The molecule has 1 aliphatic rings. The van der Waals surface area contributed by atoms with Gasteiger partial charge in [-0.3, -0.25) is 4.79 Å². The lowest BCUT2D eigenvalue weighted by atomic mass is 10.3. The van der Waals surface area contributed by atoms with Crippen LogP contribution in [0, 0.1) is 0 Å². The van der Waals surface area contributed by atoms with Gasteiger partial charge in [0.25, 0.3) is 0 Å². The Balaban J connectivity index is 0.000001000. The molecule has 0 unspecified atom stereocenters. The van der Waals surface area contributed by atoms with Gasteiger partial charge in [-0.25, -0.2) is 0 Å². The number of likely N-dealkylation sites (N-methyl/N-ethyl adjacent to an activating group) is 1. The number of hydrogen-bond acceptors (Lipinski definition) is 2. The molecular weight excluding hydrogens is 140 g/mol. The standard InChI is InChI=1S/C7H14N2O.CH4/c1-7(10)9-5-3-8(2)4-6-9;/h3-6H2,1-2H3;1H4. The topological polar surface area (TPSA) is 23.6 Å². The van der Waals surface area contributed by atoms with Crippen LogP contribution in [-0.2, 0) is 4.79 Å². The second-order valence-electron chi connectivity index (χ2n) is 2.81. The van der Waals surface area contributed by atoms with Crippen LogP contribution in [0.3, 0.4) is 0 Å². The highest BCUT2D eigenvalue weighted by molar-refractivity contribution is 5.73. The van der Waals surface area contributed by atoms with Gasteiger partial charge < -0.3 is 9.80 Å². The first kappa shape index (κ1) is 10.4. The molecule has 0 spiro atoms. The largest absolute Gasteiger partial charge is 0.340 e. The van der Waals surface area contributed by atoms with E-state index in [1.165, 1.54) is 0 Å². The van der Waals surface area contributed by atoms with E-state index in [4.69, 9.17) is 0 Å². The molecule has 0 bridgehead atoms. The average Bonchev–Trinajstić information content (AvgIpc) is 1.88. The van der Waals surface area contributed by atoms with Crippen molar-refractivity contribution in [3.63, 3.8) is 0 Å². The zero-order valence-electron chi connectivity index (χ0n) is 6.63. The number of amides is 1. The van der Waals surface area contributed by atoms with Crippen LogP contribution in [0.2, 0.25) is 0 Å². The van der Waals surface area contributed by atoms with Crippen LogP contribution in [0.4, 0.5) is 0 Å². The van der Waals surface area contributed by atoms with Crippen molar-refractivity contribution in [2.24, 2.45) is 0 Å². The molecule has 0 aromatic heterocycles. The monoisotopic (exact) mass is 158 g/mol. The van der Waals surface area contributed by atoms with Gasteiger partial charge in [-0.15, -0.1) is 0 Å². The molecule has 1 amide bonds. The number of rotatable bonds is 0. The average molecular weight is 158 g/mol. The summed E-state index contributed by atoms with van der Waals surface area (Å²) in [5.41, 5.74) is 0. The molecule has 0 saturated carbocycles. The van der Waals surface area contributed by atoms with Gasteiger partial charge in [0.1, 0.15) is 0 Å². The smallest absolute Gasteiger partial charge is 0.219 e. The van der Waals surface area contributed by atoms with Crippen LogP contribution < -0.4 is 0 Å². The number of hydrogen-bond donors (Lipinski definition) is 0. The highest BCUT2D eigenvalue weighted by Crippen LogP contribution is 1.98. The summed E-state index contributed by atoms with van der Waals surface area (Å²) in [7, 11) is 2.08. The summed E-state index contributed by atoms with van der Waals surface area (Å²) in [5, 5.41) is 0. The predicted octanol–water partition coefficient (Wildman–Crippen LogP) is 0.416. The molecule has 0 aliphatic carbocycles. The molecule has 0 radical (unpaired) electrons. The number of nitrogens with zero attached hydrogens (tertiary/aromatic N) is 2. The number of carbonyl (C=O) groups excluding carboxylic acids is 1. The third-order valence-electron chi connectivity index (χ3n) is 1.95. The lowest BCUT2D eigenvalue weighted by molar-refractivity contribution is -0.130. The third-order valence-corrected chi connectivity index (χ3v) is 1.95. The van der Waals surface area contributed by atoms with Crippen molar-refractivity contribution in [1.29, 1.82) is 0 Å². The maximum Gasteiger partial charge on any atom is 0.219 e. The van der Waals surface area contributed by atoms with Crippen molar-refractivity contribution in [1.82, 2.24) is 9.80 Å². The SMILES string of the molecule is C.CC(=O)N1CCN(C)CC1. The zero-order valence-corrected chi connectivity index (χ0v) is 6.63. The van der Waals surface area contributed by atoms with Crippen molar-refractivity contribution in [2.75, 3.05) is 33.2 Å². The Morgan fingerprint density at radius 2 is 1.64 bits per heavy atom. The third kappa shape index (κ3) is 2.89. The second-order valence-corrected chi connectivity index (χ2v) is 2.81. The van der Waals surface area contributed by atoms with Crippen molar-refractivity contribution in [3.8, 4) is 0 Å². The molecule has 0 N–H and O–H groups in total. The fourth-order valence-electron chi connectivity index (χ4n) is 1.12. The van der Waals surface area contributed by atoms with Crippen LogP contribution >= 0.6 is 0 Å². The Bertz CT molecular complexity index is 128. The summed E-state index contributed by atoms with van der Waals surface area (Å²) in [6.45, 7) is 5.45. The summed E-state index contributed by atoms with van der Waals surface area (Å²) < 4.78 is 0. The summed E-state index contributed by atoms with van der Waals surface area (Å²) in [6.07, 6.45) is 0. The maximum atomic E-state index is 10.8. The summed E-state index contributed by atoms with van der Waals surface area (Å²) >= 11 is 0. The fraction of sp³-hybridized carbons (Fsp3) is 0.875. The lowest BCUT2D eigenvalue weighted by Gasteiger charge is -2.31. The van der Waals surface area contributed by atoms with Gasteiger partial charge in [0.2, 0.25) is 5.91 Å². The molecule has 1 fully saturated rings. The van der Waals surface area contributed by atoms with E-state index in [-0.39, 0.29) is 13.3 Å². The first-order valence-electron chi connectivity index (χ1n) is 3.64. The molecule has 11 heavy (non-hydrogen) atoms. The lowest BCUT2D eigenvalue weighted by Crippen LogP contribution is -2.46. The summed E-state index contributed by atoms with van der Waals surface area (Å²) in [5.74, 6) is 0.202. The van der Waals surface area contributed by atoms with Crippen molar-refractivity contribution in [3.05, 3.63) is 0 Å². The van der Waals surface area contributed by atoms with E-state index in [9.17, 15) is 4.79 Å². The van der Waals surface area contributed by atoms with Crippen LogP contribution in [0.1, 0.15) is 14.4 Å². The van der Waals surface area contributed by atoms with E-state index in [1.54, 1.807) is 6.92 Å². The second kappa shape index (κ2) is 4.34. The molecule has 1 saturated heterocycles. The van der Waals surface area contributed by atoms with E-state index in [0.717, 1.165) is 26.2 Å². The van der Waals surface area contributed by atoms with Gasteiger partial charge in [-0.1, -0.05) is 7.43 Å². The van der Waals surface area contributed by atoms with E-state index < -0.39 is 0 Å². The van der Waals surface area contributed by atoms with E-state index in [1.807, 2.05) is 4.90 Å². The minimum atomic E-state index is 0. The molecular formula is C8H18N2O. The normalized spacial score (nSPS) is 19.3. The fourth-order valence-corrected chi connectivity index (χ4v) is 1.12. The Morgan fingerprint density at radius 1 is 1.18 bits per heavy atom. The zero-order chi connectivity index (χ0) is 7.56. The van der Waals surface area contributed by atoms with Crippen molar-refractivity contribution in [2.45, 2.75) is 14.4 Å². The predicted molar refractivity (Wildman–Crippen MR) is 46.5 cm³/mol. The molecule has 1 aliphatic heterocycles. The van der Waals surface area contributed by atoms with Crippen molar-refractivity contribution < 1.29 is 4.79 Å². The van der Waals surface area contributed by atoms with Crippen LogP contribution in [0.5, 0.6) is 0 Å². The van der Waals surface area contributed by atoms with E-state index >= 15 is 0 Å². The van der Waals surface area contributed by atoms with Gasteiger partial charge in [0, 0.05) is 33.1 Å². The van der Waals surface area contributed by atoms with Gasteiger partial charge in [0.05, 0.1) is 0 Å². The first-order chi connectivity index (χ1) is 4.70. The number of carbonyl (C=O) groups is 1. The summed E-state index contributed by atoms with van der Waals surface area (Å²) in [6, 6.07) is 0. The molecule has 66 valence electrons. The van der Waals surface area contributed by atoms with Crippen LogP contribution in [0.15, 0.2) is 0 Å². The molecule has 1 heterocycles. The van der Waals surface area contributed by atoms with Gasteiger partial charge in [-0.05, 0) is 7.05 Å². The molecule has 3 heteroatoms. The van der Waals surface area contributed by atoms with E-state index in [2.05, 4.69) is 11.9 Å². The molecule has 1 rings (SSSR count). The maximum absolute atomic E-state index is 10.8. The summed E-state index contributed by atoms with van der Waals surface area (Å²) in [4.78, 5) is 14.9. The highest BCUT2D eigenvalue weighted by Gasteiger charge is 2.14. The Hall–Kier alpha value is -0.570. The van der Waals surface area contributed by atoms with E-state index in [0.29, 0.717) is 0 Å². The van der Waals surface area contributed by atoms with Gasteiger partial charge in [0.15, 0.2) is 0 Å². The van der Waals surface area contributed by atoms with Crippen molar-refractivity contribution >= 4 is 5.91 Å². The van der Waals surface area contributed by atoms with Crippen LogP contribution in [-0.4, -0.2) is 48.9 Å². The molecule has 0 atom stereocenters.